The zero-order valence-corrected chi connectivity index (χ0v) is 9.87. The van der Waals surface area contributed by atoms with Gasteiger partial charge in [0.05, 0.1) is 6.54 Å². The zero-order valence-electron chi connectivity index (χ0n) is 9.05. The lowest BCUT2D eigenvalue weighted by atomic mass is 10.2. The van der Waals surface area contributed by atoms with Crippen molar-refractivity contribution in [2.75, 3.05) is 0 Å². The summed E-state index contributed by atoms with van der Waals surface area (Å²) < 4.78 is 0. The Morgan fingerprint density at radius 3 is 2.62 bits per heavy atom. The average molecular weight is 235 g/mol. The van der Waals surface area contributed by atoms with Gasteiger partial charge in [-0.05, 0) is 5.56 Å². The third-order valence-electron chi connectivity index (χ3n) is 2.47. The molecule has 84 valence electrons. The van der Waals surface area contributed by atoms with Crippen molar-refractivity contribution in [3.63, 3.8) is 0 Å². The molecule has 0 aliphatic carbocycles. The van der Waals surface area contributed by atoms with Crippen molar-refractivity contribution in [1.29, 1.82) is 0 Å². The number of carbonyl (C=O) groups is 2. The van der Waals surface area contributed by atoms with Gasteiger partial charge in [0.15, 0.2) is 0 Å². The Bertz CT molecular complexity index is 387. The Labute approximate surface area is 98.8 Å². The highest BCUT2D eigenvalue weighted by molar-refractivity contribution is 8.14. The molecule has 4 heteroatoms. The first-order valence-electron chi connectivity index (χ1n) is 5.21. The first-order chi connectivity index (χ1) is 7.66. The summed E-state index contributed by atoms with van der Waals surface area (Å²) >= 11 is 1.24. The molecule has 3 nitrogen and oxygen atoms in total. The molecule has 1 aromatic carbocycles. The maximum Gasteiger partial charge on any atom is 0.288 e. The monoisotopic (exact) mass is 235 g/mol. The number of nitrogens with zero attached hydrogens (tertiary/aromatic N) is 1. The minimum atomic E-state index is -0.132. The average Bonchev–Trinajstić information content (AvgIpc) is 2.25. The van der Waals surface area contributed by atoms with Crippen molar-refractivity contribution in [2.24, 2.45) is 0 Å². The first kappa shape index (κ1) is 11.2. The molecular formula is C12H13NO2S. The fraction of sp³-hybridized carbons (Fsp3) is 0.333. The lowest BCUT2D eigenvalue weighted by molar-refractivity contribution is -0.128. The van der Waals surface area contributed by atoms with Crippen molar-refractivity contribution >= 4 is 22.9 Å². The molecule has 1 unspecified atom stereocenters. The summed E-state index contributed by atoms with van der Waals surface area (Å²) in [6, 6.07) is 9.57. The van der Waals surface area contributed by atoms with Gasteiger partial charge in [-0.1, -0.05) is 49.0 Å². The molecule has 1 aliphatic heterocycles. The molecule has 2 rings (SSSR count). The van der Waals surface area contributed by atoms with Gasteiger partial charge in [-0.15, -0.1) is 0 Å². The van der Waals surface area contributed by atoms with Crippen molar-refractivity contribution in [3.05, 3.63) is 35.9 Å². The van der Waals surface area contributed by atoms with Gasteiger partial charge in [-0.3, -0.25) is 14.5 Å². The van der Waals surface area contributed by atoms with Gasteiger partial charge in [-0.2, -0.15) is 0 Å². The minimum absolute atomic E-state index is 0.0693. The Morgan fingerprint density at radius 1 is 1.31 bits per heavy atom. The van der Waals surface area contributed by atoms with Gasteiger partial charge in [0.25, 0.3) is 5.24 Å². The van der Waals surface area contributed by atoms with Crippen LogP contribution < -0.4 is 0 Å². The fourth-order valence-electron chi connectivity index (χ4n) is 1.65. The summed E-state index contributed by atoms with van der Waals surface area (Å²) in [5, 5.41) is -0.0281. The van der Waals surface area contributed by atoms with Gasteiger partial charge >= 0.3 is 0 Å². The standard InChI is InChI=1S/C12H13NO2S/c1-9-7-11(14)13(12(15)16-9)8-10-5-3-2-4-6-10/h2-6,9H,7-8H2,1H3. The van der Waals surface area contributed by atoms with E-state index in [0.717, 1.165) is 5.56 Å². The Balaban J connectivity index is 2.10. The van der Waals surface area contributed by atoms with Crippen molar-refractivity contribution in [1.82, 2.24) is 4.90 Å². The predicted molar refractivity (Wildman–Crippen MR) is 64.1 cm³/mol. The van der Waals surface area contributed by atoms with Crippen LogP contribution in [0.3, 0.4) is 0 Å². The number of imide groups is 1. The zero-order chi connectivity index (χ0) is 11.5. The molecule has 0 radical (unpaired) electrons. The molecule has 0 saturated carbocycles. The predicted octanol–water partition coefficient (Wildman–Crippen LogP) is 2.66. The largest absolute Gasteiger partial charge is 0.288 e. The highest BCUT2D eigenvalue weighted by Gasteiger charge is 2.30. The van der Waals surface area contributed by atoms with E-state index >= 15 is 0 Å². The second kappa shape index (κ2) is 4.70. The van der Waals surface area contributed by atoms with Gasteiger partial charge in [0.2, 0.25) is 5.91 Å². The van der Waals surface area contributed by atoms with E-state index in [4.69, 9.17) is 0 Å². The number of rotatable bonds is 2. The van der Waals surface area contributed by atoms with Crippen molar-refractivity contribution < 1.29 is 9.59 Å². The van der Waals surface area contributed by atoms with Gasteiger partial charge in [0, 0.05) is 11.7 Å². The summed E-state index contributed by atoms with van der Waals surface area (Å²) in [6.07, 6.45) is 0.448. The lowest BCUT2D eigenvalue weighted by Crippen LogP contribution is -2.39. The highest BCUT2D eigenvalue weighted by Crippen LogP contribution is 2.26. The molecule has 1 atom stereocenters. The van der Waals surface area contributed by atoms with Crippen LogP contribution >= 0.6 is 11.8 Å². The smallest absolute Gasteiger partial charge is 0.274 e. The molecule has 1 saturated heterocycles. The Hall–Kier alpha value is -1.29. The molecular weight excluding hydrogens is 222 g/mol. The third kappa shape index (κ3) is 2.44. The van der Waals surface area contributed by atoms with E-state index in [9.17, 15) is 9.59 Å². The van der Waals surface area contributed by atoms with Crippen LogP contribution in [0.2, 0.25) is 0 Å². The van der Waals surface area contributed by atoms with Crippen LogP contribution in [0.25, 0.3) is 0 Å². The molecule has 0 bridgehead atoms. The summed E-state index contributed by atoms with van der Waals surface area (Å²) in [7, 11) is 0. The van der Waals surface area contributed by atoms with Crippen LogP contribution in [0.15, 0.2) is 30.3 Å². The molecule has 16 heavy (non-hydrogen) atoms. The van der Waals surface area contributed by atoms with Crippen LogP contribution in [-0.2, 0) is 11.3 Å². The van der Waals surface area contributed by atoms with Crippen molar-refractivity contribution in [2.45, 2.75) is 25.1 Å². The molecule has 0 spiro atoms. The Kier molecular flexibility index (Phi) is 3.29. The minimum Gasteiger partial charge on any atom is -0.274 e. The SMILES string of the molecule is CC1CC(=O)N(Cc2ccccc2)C(=O)S1. The molecule has 0 aromatic heterocycles. The summed E-state index contributed by atoms with van der Waals surface area (Å²) in [5.74, 6) is -0.0693. The lowest BCUT2D eigenvalue weighted by Gasteiger charge is -2.27. The number of hydrogen-bond donors (Lipinski definition) is 0. The van der Waals surface area contributed by atoms with E-state index in [0.29, 0.717) is 13.0 Å². The molecule has 2 amide bonds. The van der Waals surface area contributed by atoms with Crippen LogP contribution in [0.5, 0.6) is 0 Å². The van der Waals surface area contributed by atoms with Crippen LogP contribution in [-0.4, -0.2) is 21.3 Å². The van der Waals surface area contributed by atoms with E-state index in [1.807, 2.05) is 37.3 Å². The van der Waals surface area contributed by atoms with Gasteiger partial charge in [-0.25, -0.2) is 0 Å². The molecule has 0 N–H and O–H groups in total. The van der Waals surface area contributed by atoms with E-state index in [-0.39, 0.29) is 16.4 Å². The summed E-state index contributed by atoms with van der Waals surface area (Å²) in [4.78, 5) is 24.7. The maximum atomic E-state index is 11.7. The normalized spacial score (nSPS) is 21.3. The second-order valence-corrected chi connectivity index (χ2v) is 5.25. The molecule has 1 aromatic rings. The summed E-state index contributed by atoms with van der Waals surface area (Å²) in [6.45, 7) is 2.29. The van der Waals surface area contributed by atoms with Crippen molar-refractivity contribution in [3.8, 4) is 0 Å². The van der Waals surface area contributed by atoms with E-state index in [2.05, 4.69) is 0 Å². The number of amides is 2. The molecule has 1 fully saturated rings. The number of carbonyl (C=O) groups excluding carboxylic acids is 2. The van der Waals surface area contributed by atoms with E-state index in [1.165, 1.54) is 16.7 Å². The second-order valence-electron chi connectivity index (χ2n) is 3.86. The van der Waals surface area contributed by atoms with Crippen LogP contribution in [0.4, 0.5) is 4.79 Å². The molecule has 1 aliphatic rings. The topological polar surface area (TPSA) is 37.4 Å². The van der Waals surface area contributed by atoms with Gasteiger partial charge in [0.1, 0.15) is 0 Å². The van der Waals surface area contributed by atoms with Gasteiger partial charge < -0.3 is 0 Å². The number of thioether (sulfide) groups is 1. The van der Waals surface area contributed by atoms with Crippen LogP contribution in [0.1, 0.15) is 18.9 Å². The first-order valence-corrected chi connectivity index (χ1v) is 6.09. The van der Waals surface area contributed by atoms with Crippen LogP contribution in [0, 0.1) is 0 Å². The number of benzene rings is 1. The highest BCUT2D eigenvalue weighted by atomic mass is 32.2. The van der Waals surface area contributed by atoms with E-state index < -0.39 is 0 Å². The summed E-state index contributed by atoms with van der Waals surface area (Å²) in [5.41, 5.74) is 0.986. The molecule has 1 heterocycles. The van der Waals surface area contributed by atoms with E-state index in [1.54, 1.807) is 0 Å². The quantitative estimate of drug-likeness (QED) is 0.790. The Morgan fingerprint density at radius 2 is 2.00 bits per heavy atom. The number of hydrogen-bond acceptors (Lipinski definition) is 3. The maximum absolute atomic E-state index is 11.7. The third-order valence-corrected chi connectivity index (χ3v) is 3.46. The fourth-order valence-corrected chi connectivity index (χ4v) is 2.52.